The SMILES string of the molecule is CC(C)c1nn(-c2ccc[nH]2)c(-c2ccc(F)cc2)c1/C=C/[C@@H]1C[C@@H](O)CC(=O)O1. The minimum Gasteiger partial charge on any atom is -0.458 e. The quantitative estimate of drug-likeness (QED) is 0.619. The van der Waals surface area contributed by atoms with E-state index in [2.05, 4.69) is 18.8 Å². The van der Waals surface area contributed by atoms with Gasteiger partial charge in [0.1, 0.15) is 17.7 Å². The van der Waals surface area contributed by atoms with Gasteiger partial charge in [-0.05, 0) is 48.4 Å². The second-order valence-corrected chi connectivity index (χ2v) is 7.76. The number of nitrogens with zero attached hydrogens (tertiary/aromatic N) is 2. The fourth-order valence-electron chi connectivity index (χ4n) is 3.68. The first kappa shape index (κ1) is 20.1. The van der Waals surface area contributed by atoms with Crippen molar-refractivity contribution in [2.24, 2.45) is 0 Å². The molecule has 156 valence electrons. The van der Waals surface area contributed by atoms with Gasteiger partial charge in [-0.3, -0.25) is 4.79 Å². The van der Waals surface area contributed by atoms with Gasteiger partial charge in [0.2, 0.25) is 0 Å². The molecule has 0 unspecified atom stereocenters. The molecule has 6 nitrogen and oxygen atoms in total. The molecule has 0 amide bonds. The van der Waals surface area contributed by atoms with Crippen molar-refractivity contribution in [1.82, 2.24) is 14.8 Å². The third-order valence-electron chi connectivity index (χ3n) is 5.09. The number of aromatic nitrogens is 3. The number of cyclic esters (lactones) is 1. The summed E-state index contributed by atoms with van der Waals surface area (Å²) in [7, 11) is 0. The average Bonchev–Trinajstić information content (AvgIpc) is 3.34. The number of aromatic amines is 1. The van der Waals surface area contributed by atoms with Crippen LogP contribution in [0, 0.1) is 5.82 Å². The monoisotopic (exact) mass is 409 g/mol. The highest BCUT2D eigenvalue weighted by Crippen LogP contribution is 2.34. The Bertz CT molecular complexity index is 1050. The van der Waals surface area contributed by atoms with Gasteiger partial charge in [-0.1, -0.05) is 19.9 Å². The molecule has 0 bridgehead atoms. The zero-order valence-electron chi connectivity index (χ0n) is 16.9. The van der Waals surface area contributed by atoms with Crippen molar-refractivity contribution in [3.8, 4) is 17.1 Å². The molecule has 0 radical (unpaired) electrons. The van der Waals surface area contributed by atoms with Gasteiger partial charge in [-0.15, -0.1) is 0 Å². The molecule has 1 aliphatic rings. The van der Waals surface area contributed by atoms with Crippen molar-refractivity contribution in [1.29, 1.82) is 0 Å². The Morgan fingerprint density at radius 3 is 2.70 bits per heavy atom. The summed E-state index contributed by atoms with van der Waals surface area (Å²) in [6, 6.07) is 10.1. The number of carbonyl (C=O) groups is 1. The summed E-state index contributed by atoms with van der Waals surface area (Å²) in [4.78, 5) is 14.8. The van der Waals surface area contributed by atoms with Crippen LogP contribution in [-0.2, 0) is 9.53 Å². The van der Waals surface area contributed by atoms with E-state index < -0.39 is 18.2 Å². The van der Waals surface area contributed by atoms with Gasteiger partial charge in [0, 0.05) is 23.7 Å². The average molecular weight is 409 g/mol. The van der Waals surface area contributed by atoms with E-state index in [1.165, 1.54) is 12.1 Å². The number of halogens is 1. The lowest BCUT2D eigenvalue weighted by molar-refractivity contribution is -0.156. The predicted octanol–water partition coefficient (Wildman–Crippen LogP) is 4.21. The first-order chi connectivity index (χ1) is 14.4. The number of nitrogens with one attached hydrogen (secondary N) is 1. The van der Waals surface area contributed by atoms with E-state index in [1.807, 2.05) is 29.1 Å². The highest BCUT2D eigenvalue weighted by molar-refractivity contribution is 5.76. The van der Waals surface area contributed by atoms with Gasteiger partial charge in [0.05, 0.1) is 23.9 Å². The Hall–Kier alpha value is -3.19. The zero-order chi connectivity index (χ0) is 21.3. The standard InChI is InChI=1S/C23H24FN3O3/c1-14(2)22-19(10-9-18-12-17(28)13-21(29)30-18)23(15-5-7-16(24)8-6-15)27(26-22)20-4-3-11-25-20/h3-11,14,17-18,25,28H,12-13H2,1-2H3/b10-9+/t17-,18-/m1/s1. The first-order valence-electron chi connectivity index (χ1n) is 10.0. The van der Waals surface area contributed by atoms with E-state index in [1.54, 1.807) is 18.2 Å². The number of benzene rings is 1. The molecule has 1 fully saturated rings. The summed E-state index contributed by atoms with van der Waals surface area (Å²) < 4.78 is 20.7. The van der Waals surface area contributed by atoms with Crippen molar-refractivity contribution >= 4 is 12.0 Å². The molecule has 3 heterocycles. The van der Waals surface area contributed by atoms with Gasteiger partial charge >= 0.3 is 5.97 Å². The smallest absolute Gasteiger partial charge is 0.309 e. The lowest BCUT2D eigenvalue weighted by Gasteiger charge is -2.23. The lowest BCUT2D eigenvalue weighted by Crippen LogP contribution is -2.31. The van der Waals surface area contributed by atoms with E-state index in [9.17, 15) is 14.3 Å². The molecule has 30 heavy (non-hydrogen) atoms. The van der Waals surface area contributed by atoms with Crippen molar-refractivity contribution in [2.45, 2.75) is 44.8 Å². The van der Waals surface area contributed by atoms with Crippen LogP contribution in [0.25, 0.3) is 23.2 Å². The van der Waals surface area contributed by atoms with Crippen LogP contribution < -0.4 is 0 Å². The molecular formula is C23H24FN3O3. The molecule has 0 spiro atoms. The van der Waals surface area contributed by atoms with Gasteiger partial charge in [0.15, 0.2) is 0 Å². The number of esters is 1. The van der Waals surface area contributed by atoms with Crippen molar-refractivity contribution in [3.05, 3.63) is 65.7 Å². The predicted molar refractivity (Wildman–Crippen MR) is 112 cm³/mol. The van der Waals surface area contributed by atoms with Gasteiger partial charge in [0.25, 0.3) is 0 Å². The second kappa shape index (κ2) is 8.28. The van der Waals surface area contributed by atoms with E-state index in [0.717, 1.165) is 28.3 Å². The molecule has 0 aliphatic carbocycles. The second-order valence-electron chi connectivity index (χ2n) is 7.76. The highest BCUT2D eigenvalue weighted by Gasteiger charge is 2.26. The van der Waals surface area contributed by atoms with Crippen molar-refractivity contribution in [2.75, 3.05) is 0 Å². The summed E-state index contributed by atoms with van der Waals surface area (Å²) in [6.07, 6.45) is 4.66. The first-order valence-corrected chi connectivity index (χ1v) is 10.0. The normalized spacial score (nSPS) is 19.6. The maximum atomic E-state index is 13.6. The molecule has 2 N–H and O–H groups in total. The number of hydrogen-bond acceptors (Lipinski definition) is 4. The summed E-state index contributed by atoms with van der Waals surface area (Å²) in [5, 5.41) is 14.7. The van der Waals surface area contributed by atoms with Crippen LogP contribution in [0.4, 0.5) is 4.39 Å². The number of carbonyl (C=O) groups excluding carboxylic acids is 1. The summed E-state index contributed by atoms with van der Waals surface area (Å²) in [6.45, 7) is 4.11. The minimum atomic E-state index is -0.705. The number of aliphatic hydroxyl groups is 1. The molecular weight excluding hydrogens is 385 g/mol. The molecule has 4 rings (SSSR count). The van der Waals surface area contributed by atoms with Crippen LogP contribution in [0.3, 0.4) is 0 Å². The number of rotatable bonds is 5. The fraction of sp³-hybridized carbons (Fsp3) is 0.304. The highest BCUT2D eigenvalue weighted by atomic mass is 19.1. The molecule has 1 aliphatic heterocycles. The molecule has 3 aromatic rings. The van der Waals surface area contributed by atoms with Crippen molar-refractivity contribution < 1.29 is 19.0 Å². The Kier molecular flexibility index (Phi) is 5.55. The maximum absolute atomic E-state index is 13.6. The molecule has 1 aromatic carbocycles. The number of ether oxygens (including phenoxy) is 1. The van der Waals surface area contributed by atoms with E-state index in [0.29, 0.717) is 6.42 Å². The minimum absolute atomic E-state index is 0.0210. The Morgan fingerprint density at radius 1 is 1.30 bits per heavy atom. The zero-order valence-corrected chi connectivity index (χ0v) is 16.9. The van der Waals surface area contributed by atoms with Gasteiger partial charge in [-0.25, -0.2) is 9.07 Å². The summed E-state index contributed by atoms with van der Waals surface area (Å²) in [5.41, 5.74) is 3.34. The van der Waals surface area contributed by atoms with E-state index in [-0.39, 0.29) is 18.2 Å². The van der Waals surface area contributed by atoms with Gasteiger partial charge < -0.3 is 14.8 Å². The van der Waals surface area contributed by atoms with Gasteiger partial charge in [-0.2, -0.15) is 5.10 Å². The van der Waals surface area contributed by atoms with E-state index >= 15 is 0 Å². The molecule has 2 aromatic heterocycles. The number of aliphatic hydroxyl groups excluding tert-OH is 1. The summed E-state index contributed by atoms with van der Waals surface area (Å²) in [5.74, 6) is 0.192. The Balaban J connectivity index is 1.84. The largest absolute Gasteiger partial charge is 0.458 e. The third-order valence-corrected chi connectivity index (χ3v) is 5.09. The Labute approximate surface area is 174 Å². The van der Waals surface area contributed by atoms with Crippen LogP contribution in [-0.4, -0.2) is 38.0 Å². The topological polar surface area (TPSA) is 80.1 Å². The van der Waals surface area contributed by atoms with Crippen LogP contribution in [0.1, 0.15) is 43.9 Å². The number of H-pyrrole nitrogens is 1. The maximum Gasteiger partial charge on any atom is 0.309 e. The van der Waals surface area contributed by atoms with Crippen LogP contribution in [0.5, 0.6) is 0 Å². The number of hydrogen-bond donors (Lipinski definition) is 2. The summed E-state index contributed by atoms with van der Waals surface area (Å²) >= 11 is 0. The van der Waals surface area contributed by atoms with Crippen LogP contribution in [0.2, 0.25) is 0 Å². The molecule has 0 saturated carbocycles. The van der Waals surface area contributed by atoms with Crippen LogP contribution >= 0.6 is 0 Å². The van der Waals surface area contributed by atoms with Crippen molar-refractivity contribution in [3.63, 3.8) is 0 Å². The Morgan fingerprint density at radius 2 is 2.07 bits per heavy atom. The lowest BCUT2D eigenvalue weighted by atomic mass is 9.98. The molecule has 7 heteroatoms. The van der Waals surface area contributed by atoms with Crippen LogP contribution in [0.15, 0.2) is 48.7 Å². The molecule has 2 atom stereocenters. The molecule has 1 saturated heterocycles. The third kappa shape index (κ3) is 4.07. The van der Waals surface area contributed by atoms with E-state index in [4.69, 9.17) is 9.84 Å². The fourth-order valence-corrected chi connectivity index (χ4v) is 3.68.